The number of carbonyl (C=O) groups is 3. The highest BCUT2D eigenvalue weighted by Gasteiger charge is 2.59. The van der Waals surface area contributed by atoms with Crippen molar-refractivity contribution in [1.29, 1.82) is 0 Å². The fraction of sp³-hybridized carbons (Fsp3) is 0.640. The number of aliphatic hydroxyl groups is 5. The number of nitrogens with two attached hydrogens (primary N) is 1. The fourth-order valence-electron chi connectivity index (χ4n) is 5.19. The molecule has 2 aromatic rings. The quantitative estimate of drug-likeness (QED) is 0.0648. The Morgan fingerprint density at radius 3 is 2.56 bits per heavy atom. The summed E-state index contributed by atoms with van der Waals surface area (Å²) in [6.45, 7) is 0.959. The first-order valence-electron chi connectivity index (χ1n) is 14.7. The van der Waals surface area contributed by atoms with Gasteiger partial charge in [-0.25, -0.2) is 28.2 Å². The molecule has 2 aromatic heterocycles. The maximum absolute atomic E-state index is 13.1. The molecule has 1 amide bonds. The molecule has 2 aliphatic heterocycles. The number of ether oxygens (including phenoxy) is 3. The van der Waals surface area contributed by atoms with Gasteiger partial charge >= 0.3 is 25.5 Å². The summed E-state index contributed by atoms with van der Waals surface area (Å²) < 4.78 is 40.2. The number of carbonyl (C=O) groups excluding carboxylic acids is 2. The van der Waals surface area contributed by atoms with Crippen molar-refractivity contribution in [2.45, 2.75) is 87.6 Å². The van der Waals surface area contributed by atoms with Gasteiger partial charge in [-0.3, -0.25) is 13.9 Å². The van der Waals surface area contributed by atoms with Gasteiger partial charge in [0.2, 0.25) is 5.91 Å². The van der Waals surface area contributed by atoms with Gasteiger partial charge in [0.15, 0.2) is 11.9 Å². The number of nitrogen functional groups attached to an aromatic ring is 1. The van der Waals surface area contributed by atoms with E-state index in [0.29, 0.717) is 0 Å². The van der Waals surface area contributed by atoms with Gasteiger partial charge in [-0.2, -0.15) is 4.98 Å². The SMILES string of the molecule is CCOC(=O)c1cn(C[C@@H](O)[C@@H](O)[C@@H]2O[C@](OP(=O)(O)OC[C@H]3O[C@@H](n4ccc(N)nc4=O)[C@H](O)[C@@H]3O)(C(=O)O)C[C@H](O)[C@H]2NC(C)=O)nn1. The lowest BCUT2D eigenvalue weighted by molar-refractivity contribution is -0.288. The fourth-order valence-corrected chi connectivity index (χ4v) is 6.15. The summed E-state index contributed by atoms with van der Waals surface area (Å²) in [6.07, 6.45) is -13.8. The van der Waals surface area contributed by atoms with E-state index in [1.54, 1.807) is 6.92 Å². The normalized spacial score (nSPS) is 30.6. The Morgan fingerprint density at radius 1 is 1.24 bits per heavy atom. The van der Waals surface area contributed by atoms with Gasteiger partial charge in [0, 0.05) is 19.5 Å². The molecule has 11 atom stereocenters. The first-order chi connectivity index (χ1) is 23.4. The predicted octanol–water partition coefficient (Wildman–Crippen LogP) is -4.80. The molecule has 2 aliphatic rings. The van der Waals surface area contributed by atoms with Crippen molar-refractivity contribution >= 4 is 31.5 Å². The Labute approximate surface area is 280 Å². The van der Waals surface area contributed by atoms with Crippen LogP contribution in [0.4, 0.5) is 5.82 Å². The Hall–Kier alpha value is -3.94. The van der Waals surface area contributed by atoms with Crippen molar-refractivity contribution in [3.8, 4) is 0 Å². The molecule has 0 aliphatic carbocycles. The van der Waals surface area contributed by atoms with Crippen molar-refractivity contribution < 1.29 is 77.7 Å². The van der Waals surface area contributed by atoms with Gasteiger partial charge in [-0.05, 0) is 13.0 Å². The number of aliphatic hydroxyl groups excluding tert-OH is 5. The maximum Gasteiger partial charge on any atom is 0.475 e. The van der Waals surface area contributed by atoms with Gasteiger partial charge in [-0.1, -0.05) is 5.21 Å². The topological polar surface area (TPSA) is 360 Å². The molecule has 4 rings (SSSR count). The molecule has 0 bridgehead atoms. The molecule has 0 spiro atoms. The number of aromatic nitrogens is 5. The largest absolute Gasteiger partial charge is 0.477 e. The van der Waals surface area contributed by atoms with Gasteiger partial charge in [-0.15, -0.1) is 5.10 Å². The molecule has 2 fully saturated rings. The molecular weight excluding hydrogens is 701 g/mol. The van der Waals surface area contributed by atoms with Crippen LogP contribution in [0.15, 0.2) is 23.3 Å². The number of phosphoric acid groups is 1. The minimum Gasteiger partial charge on any atom is -0.477 e. The minimum absolute atomic E-state index is 0.0307. The lowest BCUT2D eigenvalue weighted by Crippen LogP contribution is -2.67. The van der Waals surface area contributed by atoms with Crippen LogP contribution in [0.1, 0.15) is 37.0 Å². The second-order valence-corrected chi connectivity index (χ2v) is 12.6. The highest BCUT2D eigenvalue weighted by atomic mass is 31.2. The molecule has 24 nitrogen and oxygen atoms in total. The summed E-state index contributed by atoms with van der Waals surface area (Å²) in [5.41, 5.74) is 4.24. The Bertz CT molecular complexity index is 1660. The predicted molar refractivity (Wildman–Crippen MR) is 157 cm³/mol. The van der Waals surface area contributed by atoms with E-state index in [1.807, 2.05) is 0 Å². The highest BCUT2D eigenvalue weighted by Crippen LogP contribution is 2.51. The van der Waals surface area contributed by atoms with Crippen molar-refractivity contribution in [1.82, 2.24) is 29.9 Å². The van der Waals surface area contributed by atoms with Crippen LogP contribution in [-0.2, 0) is 44.0 Å². The molecule has 1 unspecified atom stereocenters. The van der Waals surface area contributed by atoms with Crippen molar-refractivity contribution in [3.05, 3.63) is 34.6 Å². The van der Waals surface area contributed by atoms with Crippen molar-refractivity contribution in [3.63, 3.8) is 0 Å². The summed E-state index contributed by atoms with van der Waals surface area (Å²) in [5.74, 6) is -7.15. The number of amides is 1. The first-order valence-corrected chi connectivity index (χ1v) is 16.2. The third kappa shape index (κ3) is 8.67. The number of carboxylic acids is 1. The van der Waals surface area contributed by atoms with Crippen LogP contribution in [0, 0.1) is 0 Å². The van der Waals surface area contributed by atoms with Gasteiger partial charge in [0.25, 0.3) is 5.79 Å². The number of hydrogen-bond acceptors (Lipinski definition) is 19. The van der Waals surface area contributed by atoms with Crippen LogP contribution in [0.3, 0.4) is 0 Å². The standard InChI is InChI=1S/C25H36N7O17P/c1-3-45-22(39)11-7-31(30-29-11)8-13(35)17(36)20-16(27-10(2)33)12(34)6-25(48-20,23(40)41)49-50(43,44)46-9-14-18(37)19(38)21(47-14)32-5-4-15(26)28-24(32)42/h4-5,7,12-14,16-21,34-38H,3,6,8-9H2,1-2H3,(H,27,33)(H,40,41)(H,43,44)(H2,26,28,42)/t12-,13+,14+,16+,17+,18+,19+,20+,21+,25+/m0/s1. The van der Waals surface area contributed by atoms with E-state index in [2.05, 4.69) is 20.6 Å². The molecule has 0 radical (unpaired) electrons. The monoisotopic (exact) mass is 737 g/mol. The number of esters is 1. The Balaban J connectivity index is 1.51. The lowest BCUT2D eigenvalue weighted by Gasteiger charge is -2.46. The zero-order valence-corrected chi connectivity index (χ0v) is 27.1. The van der Waals surface area contributed by atoms with Crippen LogP contribution >= 0.6 is 7.82 Å². The van der Waals surface area contributed by atoms with E-state index in [1.165, 1.54) is 6.07 Å². The van der Waals surface area contributed by atoms with E-state index in [4.69, 9.17) is 29.0 Å². The number of nitrogens with zero attached hydrogens (tertiary/aromatic N) is 5. The van der Waals surface area contributed by atoms with E-state index in [0.717, 1.165) is 28.6 Å². The number of rotatable bonds is 14. The summed E-state index contributed by atoms with van der Waals surface area (Å²) in [5, 5.41) is 73.2. The van der Waals surface area contributed by atoms with Gasteiger partial charge in [0.1, 0.15) is 42.4 Å². The summed E-state index contributed by atoms with van der Waals surface area (Å²) in [6, 6.07) is -0.423. The van der Waals surface area contributed by atoms with Crippen LogP contribution in [0.2, 0.25) is 0 Å². The summed E-state index contributed by atoms with van der Waals surface area (Å²) >= 11 is 0. The van der Waals surface area contributed by atoms with E-state index < -0.39 is 112 Å². The van der Waals surface area contributed by atoms with E-state index >= 15 is 0 Å². The Morgan fingerprint density at radius 2 is 1.94 bits per heavy atom. The third-order valence-corrected chi connectivity index (χ3v) is 8.53. The molecule has 2 saturated heterocycles. The smallest absolute Gasteiger partial charge is 0.475 e. The number of hydrogen-bond donors (Lipinski definition) is 9. The average Bonchev–Trinajstić information content (AvgIpc) is 3.60. The molecule has 25 heteroatoms. The van der Waals surface area contributed by atoms with Crippen LogP contribution in [0.25, 0.3) is 0 Å². The molecule has 10 N–H and O–H groups in total. The number of anilines is 1. The minimum atomic E-state index is -5.59. The number of nitrogens with one attached hydrogen (secondary N) is 1. The summed E-state index contributed by atoms with van der Waals surface area (Å²) in [4.78, 5) is 62.5. The van der Waals surface area contributed by atoms with E-state index in [-0.39, 0.29) is 18.1 Å². The summed E-state index contributed by atoms with van der Waals surface area (Å²) in [7, 11) is -5.59. The van der Waals surface area contributed by atoms with Gasteiger partial charge in [0.05, 0.1) is 38.1 Å². The molecule has 278 valence electrons. The molecular formula is C25H36N7O17P. The average molecular weight is 738 g/mol. The molecule has 0 saturated carbocycles. The zero-order valence-electron chi connectivity index (χ0n) is 26.2. The molecule has 50 heavy (non-hydrogen) atoms. The van der Waals surface area contributed by atoms with Crippen LogP contribution in [0.5, 0.6) is 0 Å². The maximum atomic E-state index is 13.1. The van der Waals surface area contributed by atoms with Crippen molar-refractivity contribution in [2.75, 3.05) is 18.9 Å². The highest BCUT2D eigenvalue weighted by molar-refractivity contribution is 7.47. The van der Waals surface area contributed by atoms with Crippen LogP contribution in [-0.4, -0.2) is 146 Å². The van der Waals surface area contributed by atoms with Gasteiger partial charge < -0.3 is 60.8 Å². The zero-order chi connectivity index (χ0) is 37.1. The lowest BCUT2D eigenvalue weighted by atomic mass is 9.88. The number of phosphoric ester groups is 1. The van der Waals surface area contributed by atoms with Crippen molar-refractivity contribution in [2.24, 2.45) is 0 Å². The second kappa shape index (κ2) is 15.5. The molecule has 0 aromatic carbocycles. The Kier molecular flexibility index (Phi) is 12.1. The number of aliphatic carboxylic acids is 1. The first kappa shape index (κ1) is 38.9. The second-order valence-electron chi connectivity index (χ2n) is 11.2. The van der Waals surface area contributed by atoms with Crippen LogP contribution < -0.4 is 16.7 Å². The number of carboxylic acid groups (broad SMARTS) is 1. The third-order valence-electron chi connectivity index (χ3n) is 7.52. The van der Waals surface area contributed by atoms with E-state index in [9.17, 15) is 59.3 Å². The molecule has 4 heterocycles.